The van der Waals surface area contributed by atoms with E-state index in [9.17, 15) is 4.79 Å². The maximum absolute atomic E-state index is 12.2. The second-order valence-corrected chi connectivity index (χ2v) is 5.05. The molecule has 0 aliphatic carbocycles. The van der Waals surface area contributed by atoms with Crippen molar-refractivity contribution in [1.82, 2.24) is 14.8 Å². The number of amides is 1. The van der Waals surface area contributed by atoms with Gasteiger partial charge in [-0.3, -0.25) is 14.5 Å². The van der Waals surface area contributed by atoms with Gasteiger partial charge in [-0.2, -0.15) is 5.10 Å². The predicted octanol–water partition coefficient (Wildman–Crippen LogP) is 2.89. The van der Waals surface area contributed by atoms with E-state index < -0.39 is 0 Å². The number of pyridine rings is 1. The molecule has 3 aromatic rings. The highest BCUT2D eigenvalue weighted by molar-refractivity contribution is 6.05. The van der Waals surface area contributed by atoms with Crippen LogP contribution in [0.4, 0.5) is 5.69 Å². The first-order valence-corrected chi connectivity index (χ1v) is 7.01. The zero-order valence-corrected chi connectivity index (χ0v) is 12.2. The summed E-state index contributed by atoms with van der Waals surface area (Å²) in [6.07, 6.45) is 6.98. The summed E-state index contributed by atoms with van der Waals surface area (Å²) in [6, 6.07) is 11.4. The van der Waals surface area contributed by atoms with Crippen LogP contribution in [-0.2, 0) is 6.54 Å². The number of hydrogen-bond acceptors (Lipinski definition) is 3. The summed E-state index contributed by atoms with van der Waals surface area (Å²) >= 11 is 0. The third kappa shape index (κ3) is 3.20. The maximum Gasteiger partial charge on any atom is 0.256 e. The van der Waals surface area contributed by atoms with Gasteiger partial charge in [0.2, 0.25) is 0 Å². The topological polar surface area (TPSA) is 59.8 Å². The van der Waals surface area contributed by atoms with Gasteiger partial charge in [-0.05, 0) is 42.3 Å². The largest absolute Gasteiger partial charge is 0.322 e. The zero-order chi connectivity index (χ0) is 15.4. The Hall–Kier alpha value is -2.95. The van der Waals surface area contributed by atoms with Crippen LogP contribution >= 0.6 is 0 Å². The third-order valence-electron chi connectivity index (χ3n) is 3.38. The maximum atomic E-state index is 12.2. The van der Waals surface area contributed by atoms with E-state index in [0.717, 1.165) is 16.8 Å². The van der Waals surface area contributed by atoms with Gasteiger partial charge in [-0.1, -0.05) is 12.1 Å². The van der Waals surface area contributed by atoms with Crippen molar-refractivity contribution in [3.05, 3.63) is 77.9 Å². The minimum atomic E-state index is -0.125. The molecule has 5 nitrogen and oxygen atoms in total. The fraction of sp³-hybridized carbons (Fsp3) is 0.118. The van der Waals surface area contributed by atoms with Crippen molar-refractivity contribution in [3.63, 3.8) is 0 Å². The van der Waals surface area contributed by atoms with Gasteiger partial charge in [-0.15, -0.1) is 0 Å². The molecule has 5 heteroatoms. The molecule has 0 aliphatic rings. The fourth-order valence-corrected chi connectivity index (χ4v) is 2.20. The first kappa shape index (κ1) is 14.0. The Morgan fingerprint density at radius 2 is 2.00 bits per heavy atom. The van der Waals surface area contributed by atoms with Crippen LogP contribution in [0.25, 0.3) is 0 Å². The second kappa shape index (κ2) is 6.22. The molecule has 110 valence electrons. The number of anilines is 1. The van der Waals surface area contributed by atoms with Crippen molar-refractivity contribution >= 4 is 11.6 Å². The van der Waals surface area contributed by atoms with Crippen molar-refractivity contribution in [2.24, 2.45) is 0 Å². The van der Waals surface area contributed by atoms with Crippen LogP contribution in [0.1, 0.15) is 21.5 Å². The molecule has 0 spiro atoms. The lowest BCUT2D eigenvalue weighted by Gasteiger charge is -2.08. The first-order valence-electron chi connectivity index (χ1n) is 7.01. The average Bonchev–Trinajstić information content (AvgIpc) is 3.02. The summed E-state index contributed by atoms with van der Waals surface area (Å²) < 4.78 is 1.86. The summed E-state index contributed by atoms with van der Waals surface area (Å²) in [6.45, 7) is 2.58. The molecule has 22 heavy (non-hydrogen) atoms. The van der Waals surface area contributed by atoms with E-state index in [0.29, 0.717) is 12.1 Å². The van der Waals surface area contributed by atoms with Crippen LogP contribution < -0.4 is 5.32 Å². The molecule has 2 aromatic heterocycles. The monoisotopic (exact) mass is 292 g/mol. The standard InChI is InChI=1S/C17H16N4O/c1-13-11-18-9-7-16(13)17(22)20-15-5-3-14(4-6-15)12-21-10-2-8-19-21/h2-11H,12H2,1H3,(H,20,22). The molecular formula is C17H16N4O. The first-order chi connectivity index (χ1) is 10.7. The summed E-state index contributed by atoms with van der Waals surface area (Å²) in [4.78, 5) is 16.2. The number of nitrogens with zero attached hydrogens (tertiary/aromatic N) is 3. The molecule has 2 heterocycles. The van der Waals surface area contributed by atoms with Gasteiger partial charge in [0.25, 0.3) is 5.91 Å². The predicted molar refractivity (Wildman–Crippen MR) is 84.7 cm³/mol. The van der Waals surface area contributed by atoms with E-state index in [4.69, 9.17) is 0 Å². The highest BCUT2D eigenvalue weighted by atomic mass is 16.1. The van der Waals surface area contributed by atoms with Gasteiger partial charge >= 0.3 is 0 Å². The smallest absolute Gasteiger partial charge is 0.256 e. The van der Waals surface area contributed by atoms with E-state index in [-0.39, 0.29) is 5.91 Å². The summed E-state index contributed by atoms with van der Waals surface area (Å²) in [7, 11) is 0. The number of hydrogen-bond donors (Lipinski definition) is 1. The molecule has 1 N–H and O–H groups in total. The normalized spacial score (nSPS) is 10.4. The van der Waals surface area contributed by atoms with Crippen LogP contribution in [0.5, 0.6) is 0 Å². The molecule has 0 unspecified atom stereocenters. The summed E-state index contributed by atoms with van der Waals surface area (Å²) in [5.41, 5.74) is 3.39. The number of carbonyl (C=O) groups is 1. The van der Waals surface area contributed by atoms with Gasteiger partial charge in [0.05, 0.1) is 6.54 Å². The number of rotatable bonds is 4. The van der Waals surface area contributed by atoms with E-state index >= 15 is 0 Å². The van der Waals surface area contributed by atoms with Crippen LogP contribution in [0.3, 0.4) is 0 Å². The van der Waals surface area contributed by atoms with Crippen molar-refractivity contribution in [2.45, 2.75) is 13.5 Å². The van der Waals surface area contributed by atoms with E-state index in [2.05, 4.69) is 15.4 Å². The molecule has 0 saturated heterocycles. The number of aromatic nitrogens is 3. The van der Waals surface area contributed by atoms with Gasteiger partial charge in [0.15, 0.2) is 0 Å². The van der Waals surface area contributed by atoms with E-state index in [1.807, 2.05) is 48.1 Å². The summed E-state index contributed by atoms with van der Waals surface area (Å²) in [5, 5.41) is 7.07. The average molecular weight is 292 g/mol. The van der Waals surface area contributed by atoms with Crippen molar-refractivity contribution < 1.29 is 4.79 Å². The molecule has 0 aliphatic heterocycles. The van der Waals surface area contributed by atoms with Gasteiger partial charge < -0.3 is 5.32 Å². The fourth-order valence-electron chi connectivity index (χ4n) is 2.20. The number of nitrogens with one attached hydrogen (secondary N) is 1. The molecular weight excluding hydrogens is 276 g/mol. The summed E-state index contributed by atoms with van der Waals surface area (Å²) in [5.74, 6) is -0.125. The number of aryl methyl sites for hydroxylation is 1. The third-order valence-corrected chi connectivity index (χ3v) is 3.38. The van der Waals surface area contributed by atoms with Crippen LogP contribution in [0.2, 0.25) is 0 Å². The highest BCUT2D eigenvalue weighted by Gasteiger charge is 2.08. The molecule has 1 aromatic carbocycles. The Labute approximate surface area is 128 Å². The second-order valence-electron chi connectivity index (χ2n) is 5.05. The minimum absolute atomic E-state index is 0.125. The Morgan fingerprint density at radius 1 is 1.18 bits per heavy atom. The number of benzene rings is 1. The van der Waals surface area contributed by atoms with E-state index in [1.54, 1.807) is 24.7 Å². The van der Waals surface area contributed by atoms with Gasteiger partial charge in [-0.25, -0.2) is 0 Å². The quantitative estimate of drug-likeness (QED) is 0.804. The van der Waals surface area contributed by atoms with Crippen molar-refractivity contribution in [1.29, 1.82) is 0 Å². The minimum Gasteiger partial charge on any atom is -0.322 e. The highest BCUT2D eigenvalue weighted by Crippen LogP contribution is 2.13. The molecule has 0 bridgehead atoms. The van der Waals surface area contributed by atoms with E-state index in [1.165, 1.54) is 0 Å². The van der Waals surface area contributed by atoms with Crippen LogP contribution in [0, 0.1) is 6.92 Å². The molecule has 0 fully saturated rings. The lowest BCUT2D eigenvalue weighted by Crippen LogP contribution is -2.13. The van der Waals surface area contributed by atoms with Crippen LogP contribution in [0.15, 0.2) is 61.2 Å². The van der Waals surface area contributed by atoms with Crippen molar-refractivity contribution in [2.75, 3.05) is 5.32 Å². The molecule has 0 saturated carbocycles. The van der Waals surface area contributed by atoms with Crippen LogP contribution in [-0.4, -0.2) is 20.7 Å². The lowest BCUT2D eigenvalue weighted by molar-refractivity contribution is 0.102. The number of carbonyl (C=O) groups excluding carboxylic acids is 1. The lowest BCUT2D eigenvalue weighted by atomic mass is 10.1. The Balaban J connectivity index is 1.68. The molecule has 1 amide bonds. The Morgan fingerprint density at radius 3 is 2.68 bits per heavy atom. The SMILES string of the molecule is Cc1cnccc1C(=O)Nc1ccc(Cn2cccn2)cc1. The van der Waals surface area contributed by atoms with Gasteiger partial charge in [0, 0.05) is 36.0 Å². The Bertz CT molecular complexity index is 764. The molecule has 0 atom stereocenters. The van der Waals surface area contributed by atoms with Crippen molar-refractivity contribution in [3.8, 4) is 0 Å². The zero-order valence-electron chi connectivity index (χ0n) is 12.2. The van der Waals surface area contributed by atoms with Gasteiger partial charge in [0.1, 0.15) is 0 Å². The molecule has 0 radical (unpaired) electrons. The Kier molecular flexibility index (Phi) is 3.96. The molecule has 3 rings (SSSR count).